The predicted octanol–water partition coefficient (Wildman–Crippen LogP) is 2.73. The van der Waals surface area contributed by atoms with E-state index in [2.05, 4.69) is 10.0 Å². The lowest BCUT2D eigenvalue weighted by Gasteiger charge is -2.17. The maximum Gasteiger partial charge on any atom is 0.293 e. The zero-order chi connectivity index (χ0) is 22.6. The fourth-order valence-corrected chi connectivity index (χ4v) is 4.23. The van der Waals surface area contributed by atoms with Gasteiger partial charge in [-0.25, -0.2) is 13.1 Å². The number of nitro benzene ring substituents is 1. The van der Waals surface area contributed by atoms with E-state index in [9.17, 15) is 18.5 Å². The van der Waals surface area contributed by atoms with Gasteiger partial charge in [-0.2, -0.15) is 0 Å². The Bertz CT molecular complexity index is 1060. The lowest BCUT2D eigenvalue weighted by molar-refractivity contribution is -0.384. The molecule has 0 fully saturated rings. The van der Waals surface area contributed by atoms with Crippen LogP contribution in [0, 0.1) is 10.1 Å². The first-order valence-electron chi connectivity index (χ1n) is 9.76. The minimum atomic E-state index is -3.85. The largest absolute Gasteiger partial charge is 0.454 e. The highest BCUT2D eigenvalue weighted by Crippen LogP contribution is 2.36. The Morgan fingerprint density at radius 2 is 1.90 bits per heavy atom. The monoisotopic (exact) mass is 450 g/mol. The van der Waals surface area contributed by atoms with Gasteiger partial charge in [0.1, 0.15) is 5.69 Å². The van der Waals surface area contributed by atoms with Crippen molar-refractivity contribution in [2.24, 2.45) is 0 Å². The van der Waals surface area contributed by atoms with Crippen molar-refractivity contribution in [3.8, 4) is 11.5 Å². The van der Waals surface area contributed by atoms with Crippen LogP contribution in [-0.4, -0.2) is 52.2 Å². The standard InChI is InChI=1S/C20H26N4O6S/c1-14(15-5-8-19-20(11-15)30-13-29-19)22-17-7-6-16(12-18(17)24(25)26)31(27,28)21-9-4-10-23(2)3/h5-8,11-12,14,21-22H,4,9-10,13H2,1-3H3. The molecule has 1 heterocycles. The summed E-state index contributed by atoms with van der Waals surface area (Å²) in [7, 11) is -0.0557. The van der Waals surface area contributed by atoms with Crippen molar-refractivity contribution in [3.63, 3.8) is 0 Å². The molecule has 2 N–H and O–H groups in total. The lowest BCUT2D eigenvalue weighted by atomic mass is 10.1. The van der Waals surface area contributed by atoms with Gasteiger partial charge in [0.25, 0.3) is 5.69 Å². The maximum atomic E-state index is 12.5. The number of nitrogens with zero attached hydrogens (tertiary/aromatic N) is 2. The molecule has 2 aromatic rings. The van der Waals surface area contributed by atoms with Crippen molar-refractivity contribution in [2.75, 3.05) is 39.3 Å². The van der Waals surface area contributed by atoms with Crippen LogP contribution in [0.15, 0.2) is 41.3 Å². The van der Waals surface area contributed by atoms with Crippen LogP contribution in [0.3, 0.4) is 0 Å². The van der Waals surface area contributed by atoms with Crippen LogP contribution >= 0.6 is 0 Å². The Labute approximate surface area is 181 Å². The summed E-state index contributed by atoms with van der Waals surface area (Å²) >= 11 is 0. The van der Waals surface area contributed by atoms with Crippen molar-refractivity contribution in [2.45, 2.75) is 24.3 Å². The van der Waals surface area contributed by atoms with Gasteiger partial charge in [0.2, 0.25) is 16.8 Å². The fraction of sp³-hybridized carbons (Fsp3) is 0.400. The van der Waals surface area contributed by atoms with Crippen molar-refractivity contribution < 1.29 is 22.8 Å². The highest BCUT2D eigenvalue weighted by molar-refractivity contribution is 7.89. The molecule has 3 rings (SSSR count). The van der Waals surface area contributed by atoms with Gasteiger partial charge in [-0.15, -0.1) is 0 Å². The minimum Gasteiger partial charge on any atom is -0.454 e. The Kier molecular flexibility index (Phi) is 6.98. The number of nitro groups is 1. The van der Waals surface area contributed by atoms with E-state index in [1.165, 1.54) is 12.1 Å². The molecule has 0 bridgehead atoms. The first kappa shape index (κ1) is 22.8. The van der Waals surface area contributed by atoms with Gasteiger partial charge >= 0.3 is 0 Å². The second kappa shape index (κ2) is 9.50. The molecule has 11 heteroatoms. The third-order valence-electron chi connectivity index (χ3n) is 4.82. The van der Waals surface area contributed by atoms with Crippen LogP contribution in [0.25, 0.3) is 0 Å². The molecule has 0 aliphatic carbocycles. The molecule has 0 saturated carbocycles. The number of sulfonamides is 1. The van der Waals surface area contributed by atoms with Crippen LogP contribution in [0.4, 0.5) is 11.4 Å². The normalized spacial score (nSPS) is 13.9. The molecule has 168 valence electrons. The number of hydrogen-bond donors (Lipinski definition) is 2. The number of hydrogen-bond acceptors (Lipinski definition) is 8. The minimum absolute atomic E-state index is 0.148. The molecule has 10 nitrogen and oxygen atoms in total. The second-order valence-corrected chi connectivity index (χ2v) is 9.24. The number of ether oxygens (including phenoxy) is 2. The van der Waals surface area contributed by atoms with Gasteiger partial charge in [-0.3, -0.25) is 10.1 Å². The smallest absolute Gasteiger partial charge is 0.293 e. The molecule has 1 aliphatic rings. The molecule has 0 saturated heterocycles. The molecule has 0 amide bonds. The van der Waals surface area contributed by atoms with Crippen molar-refractivity contribution >= 4 is 21.4 Å². The maximum absolute atomic E-state index is 12.5. The van der Waals surface area contributed by atoms with Gasteiger partial charge in [-0.1, -0.05) is 6.07 Å². The Morgan fingerprint density at radius 3 is 2.61 bits per heavy atom. The molecular formula is C20H26N4O6S. The number of fused-ring (bicyclic) bond motifs is 1. The molecule has 31 heavy (non-hydrogen) atoms. The third kappa shape index (κ3) is 5.63. The average molecular weight is 451 g/mol. The molecule has 1 aliphatic heterocycles. The van der Waals surface area contributed by atoms with E-state index >= 15 is 0 Å². The van der Waals surface area contributed by atoms with Crippen LogP contribution in [0.2, 0.25) is 0 Å². The molecule has 0 aromatic heterocycles. The average Bonchev–Trinajstić information content (AvgIpc) is 3.19. The quantitative estimate of drug-likeness (QED) is 0.322. The Hall–Kier alpha value is -2.89. The highest BCUT2D eigenvalue weighted by Gasteiger charge is 2.23. The van der Waals surface area contributed by atoms with E-state index in [1.54, 1.807) is 6.07 Å². The summed E-state index contributed by atoms with van der Waals surface area (Å²) < 4.78 is 38.2. The summed E-state index contributed by atoms with van der Waals surface area (Å²) in [6.45, 7) is 2.97. The summed E-state index contributed by atoms with van der Waals surface area (Å²) in [6.07, 6.45) is 0.626. The molecular weight excluding hydrogens is 424 g/mol. The topological polar surface area (TPSA) is 123 Å². The molecule has 1 atom stereocenters. The van der Waals surface area contributed by atoms with Gasteiger partial charge < -0.3 is 19.7 Å². The van der Waals surface area contributed by atoms with Crippen LogP contribution in [0.5, 0.6) is 11.5 Å². The van der Waals surface area contributed by atoms with E-state index < -0.39 is 14.9 Å². The fourth-order valence-electron chi connectivity index (χ4n) is 3.14. The SMILES string of the molecule is CC(Nc1ccc(S(=O)(=O)NCCCN(C)C)cc1[N+](=O)[O-])c1ccc2c(c1)OCO2. The number of rotatable bonds is 10. The van der Waals surface area contributed by atoms with Crippen molar-refractivity contribution in [1.82, 2.24) is 9.62 Å². The molecule has 0 spiro atoms. The van der Waals surface area contributed by atoms with Gasteiger partial charge in [0.15, 0.2) is 11.5 Å². The van der Waals surface area contributed by atoms with E-state index in [4.69, 9.17) is 9.47 Å². The van der Waals surface area contributed by atoms with Crippen molar-refractivity contribution in [3.05, 3.63) is 52.1 Å². The van der Waals surface area contributed by atoms with E-state index in [0.717, 1.165) is 18.2 Å². The number of benzene rings is 2. The molecule has 2 aromatic carbocycles. The first-order valence-corrected chi connectivity index (χ1v) is 11.2. The summed E-state index contributed by atoms with van der Waals surface area (Å²) in [4.78, 5) is 12.8. The zero-order valence-corrected chi connectivity index (χ0v) is 18.4. The van der Waals surface area contributed by atoms with Crippen molar-refractivity contribution in [1.29, 1.82) is 0 Å². The summed E-state index contributed by atoms with van der Waals surface area (Å²) in [5.74, 6) is 1.26. The van der Waals surface area contributed by atoms with Crippen LogP contribution in [0.1, 0.15) is 24.9 Å². The van der Waals surface area contributed by atoms with E-state index in [1.807, 2.05) is 38.1 Å². The molecule has 0 radical (unpaired) electrons. The first-order chi connectivity index (χ1) is 14.7. The Balaban J connectivity index is 1.76. The zero-order valence-electron chi connectivity index (χ0n) is 17.6. The second-order valence-electron chi connectivity index (χ2n) is 7.47. The third-order valence-corrected chi connectivity index (χ3v) is 6.28. The van der Waals surface area contributed by atoms with Gasteiger partial charge in [0.05, 0.1) is 9.82 Å². The van der Waals surface area contributed by atoms with Gasteiger partial charge in [0, 0.05) is 18.7 Å². The van der Waals surface area contributed by atoms with E-state index in [0.29, 0.717) is 17.9 Å². The highest BCUT2D eigenvalue weighted by atomic mass is 32.2. The Morgan fingerprint density at radius 1 is 1.16 bits per heavy atom. The summed E-state index contributed by atoms with van der Waals surface area (Å²) in [6, 6.07) is 8.98. The van der Waals surface area contributed by atoms with Crippen LogP contribution in [-0.2, 0) is 10.0 Å². The van der Waals surface area contributed by atoms with Crippen LogP contribution < -0.4 is 19.5 Å². The number of nitrogens with one attached hydrogen (secondary N) is 2. The van der Waals surface area contributed by atoms with E-state index in [-0.39, 0.29) is 35.6 Å². The number of anilines is 1. The predicted molar refractivity (Wildman–Crippen MR) is 116 cm³/mol. The van der Waals surface area contributed by atoms with Gasteiger partial charge in [-0.05, 0) is 63.8 Å². The molecule has 1 unspecified atom stereocenters. The lowest BCUT2D eigenvalue weighted by Crippen LogP contribution is -2.27. The summed E-state index contributed by atoms with van der Waals surface area (Å²) in [5, 5.41) is 14.7. The summed E-state index contributed by atoms with van der Waals surface area (Å²) in [5.41, 5.74) is 0.753.